The first-order valence-corrected chi connectivity index (χ1v) is 6.41. The Balaban J connectivity index is 2.01. The molecule has 0 atom stereocenters. The highest BCUT2D eigenvalue weighted by Gasteiger charge is 2.07. The number of carbonyl (C=O) groups excluding carboxylic acids is 2. The van der Waals surface area contributed by atoms with Gasteiger partial charge in [-0.25, -0.2) is 4.98 Å². The molecule has 1 aromatic carbocycles. The van der Waals surface area contributed by atoms with Gasteiger partial charge in [0.15, 0.2) is 0 Å². The molecule has 1 heterocycles. The molecule has 2 aromatic rings. The Morgan fingerprint density at radius 3 is 2.43 bits per heavy atom. The van der Waals surface area contributed by atoms with Crippen LogP contribution in [0, 0.1) is 0 Å². The second-order valence-electron chi connectivity index (χ2n) is 4.48. The summed E-state index contributed by atoms with van der Waals surface area (Å²) in [5.74, 6) is -0.369. The minimum absolute atomic E-state index is 0.0575. The summed E-state index contributed by atoms with van der Waals surface area (Å²) in [5.41, 5.74) is 7.83. The van der Waals surface area contributed by atoms with Crippen molar-refractivity contribution in [3.05, 3.63) is 53.9 Å². The van der Waals surface area contributed by atoms with Crippen molar-refractivity contribution < 1.29 is 9.59 Å². The number of hydrogen-bond acceptors (Lipinski definition) is 4. The maximum atomic E-state index is 12.0. The molecule has 0 bridgehead atoms. The molecular formula is C15H16N4O2. The average Bonchev–Trinajstić information content (AvgIpc) is 2.49. The van der Waals surface area contributed by atoms with Gasteiger partial charge in [-0.1, -0.05) is 12.1 Å². The Morgan fingerprint density at radius 2 is 1.86 bits per heavy atom. The summed E-state index contributed by atoms with van der Waals surface area (Å²) in [4.78, 5) is 27.2. The molecule has 0 saturated carbocycles. The molecule has 0 aliphatic heterocycles. The molecule has 2 rings (SSSR count). The first-order chi connectivity index (χ1) is 10.1. The number of nitrogen functional groups attached to an aromatic ring is 1. The van der Waals surface area contributed by atoms with Gasteiger partial charge in [0.05, 0.1) is 18.3 Å². The van der Waals surface area contributed by atoms with Crippen LogP contribution in [-0.4, -0.2) is 23.8 Å². The summed E-state index contributed by atoms with van der Waals surface area (Å²) in [6, 6.07) is 10.3. The van der Waals surface area contributed by atoms with Crippen LogP contribution in [-0.2, 0) is 11.2 Å². The van der Waals surface area contributed by atoms with Crippen molar-refractivity contribution in [2.24, 2.45) is 0 Å². The van der Waals surface area contributed by atoms with E-state index in [1.807, 2.05) is 0 Å². The lowest BCUT2D eigenvalue weighted by atomic mass is 10.1. The quantitative estimate of drug-likeness (QED) is 0.786. The molecule has 0 unspecified atom stereocenters. The Hall–Kier alpha value is -2.89. The average molecular weight is 284 g/mol. The van der Waals surface area contributed by atoms with Crippen LogP contribution < -0.4 is 16.4 Å². The normalized spacial score (nSPS) is 9.95. The molecule has 21 heavy (non-hydrogen) atoms. The second kappa shape index (κ2) is 6.51. The lowest BCUT2D eigenvalue weighted by molar-refractivity contribution is -0.119. The summed E-state index contributed by atoms with van der Waals surface area (Å²) in [6.45, 7) is 0. The van der Waals surface area contributed by atoms with E-state index in [1.54, 1.807) is 43.4 Å². The van der Waals surface area contributed by atoms with E-state index in [-0.39, 0.29) is 11.8 Å². The summed E-state index contributed by atoms with van der Waals surface area (Å²) < 4.78 is 0. The van der Waals surface area contributed by atoms with Crippen LogP contribution in [0.3, 0.4) is 0 Å². The van der Waals surface area contributed by atoms with Crippen molar-refractivity contribution in [1.29, 1.82) is 0 Å². The van der Waals surface area contributed by atoms with Crippen molar-refractivity contribution in [2.45, 2.75) is 6.42 Å². The number of anilines is 2. The molecule has 0 aliphatic rings. The van der Waals surface area contributed by atoms with Crippen molar-refractivity contribution in [3.63, 3.8) is 0 Å². The number of nitrogens with two attached hydrogens (primary N) is 1. The van der Waals surface area contributed by atoms with E-state index in [0.29, 0.717) is 23.5 Å². The van der Waals surface area contributed by atoms with Crippen LogP contribution >= 0.6 is 0 Å². The van der Waals surface area contributed by atoms with E-state index in [2.05, 4.69) is 15.6 Å². The fourth-order valence-electron chi connectivity index (χ4n) is 1.71. The Kier molecular flexibility index (Phi) is 4.50. The number of pyridine rings is 1. The third kappa shape index (κ3) is 4.04. The zero-order valence-corrected chi connectivity index (χ0v) is 11.6. The summed E-state index contributed by atoms with van der Waals surface area (Å²) in [6.07, 6.45) is 1.74. The SMILES string of the molecule is CNC(=O)Cc1ccc(NC(=O)c2ccc(N)cn2)cc1. The maximum absolute atomic E-state index is 12.0. The smallest absolute Gasteiger partial charge is 0.274 e. The van der Waals surface area contributed by atoms with E-state index >= 15 is 0 Å². The van der Waals surface area contributed by atoms with E-state index in [4.69, 9.17) is 5.73 Å². The second-order valence-corrected chi connectivity index (χ2v) is 4.48. The van der Waals surface area contributed by atoms with Gasteiger partial charge in [-0.05, 0) is 29.8 Å². The van der Waals surface area contributed by atoms with Gasteiger partial charge >= 0.3 is 0 Å². The Morgan fingerprint density at radius 1 is 1.14 bits per heavy atom. The topological polar surface area (TPSA) is 97.1 Å². The molecule has 0 saturated heterocycles. The fraction of sp³-hybridized carbons (Fsp3) is 0.133. The van der Waals surface area contributed by atoms with Crippen molar-refractivity contribution >= 4 is 23.2 Å². The van der Waals surface area contributed by atoms with Gasteiger partial charge in [-0.2, -0.15) is 0 Å². The van der Waals surface area contributed by atoms with Crippen LogP contribution in [0.1, 0.15) is 16.1 Å². The monoisotopic (exact) mass is 284 g/mol. The van der Waals surface area contributed by atoms with Gasteiger partial charge in [0.1, 0.15) is 5.69 Å². The van der Waals surface area contributed by atoms with Crippen LogP contribution in [0.15, 0.2) is 42.6 Å². The summed E-state index contributed by atoms with van der Waals surface area (Å²) in [5, 5.41) is 5.29. The molecule has 6 heteroatoms. The first kappa shape index (κ1) is 14.5. The molecule has 108 valence electrons. The fourth-order valence-corrected chi connectivity index (χ4v) is 1.71. The molecule has 0 aliphatic carbocycles. The summed E-state index contributed by atoms with van der Waals surface area (Å²) in [7, 11) is 1.59. The third-order valence-electron chi connectivity index (χ3n) is 2.87. The predicted octanol–water partition coefficient (Wildman–Crippen LogP) is 1.20. The van der Waals surface area contributed by atoms with Crippen molar-refractivity contribution in [1.82, 2.24) is 10.3 Å². The summed E-state index contributed by atoms with van der Waals surface area (Å²) >= 11 is 0. The number of likely N-dealkylation sites (N-methyl/N-ethyl adjacent to an activating group) is 1. The van der Waals surface area contributed by atoms with E-state index < -0.39 is 0 Å². The van der Waals surface area contributed by atoms with Gasteiger partial charge in [0, 0.05) is 12.7 Å². The molecular weight excluding hydrogens is 268 g/mol. The van der Waals surface area contributed by atoms with E-state index in [0.717, 1.165) is 5.56 Å². The van der Waals surface area contributed by atoms with Crippen LogP contribution in [0.5, 0.6) is 0 Å². The number of rotatable bonds is 4. The van der Waals surface area contributed by atoms with Gasteiger partial charge in [0.25, 0.3) is 5.91 Å². The Bertz CT molecular complexity index is 636. The van der Waals surface area contributed by atoms with Gasteiger partial charge < -0.3 is 16.4 Å². The standard InChI is InChI=1S/C15H16N4O2/c1-17-14(20)8-10-2-5-12(6-3-10)19-15(21)13-7-4-11(16)9-18-13/h2-7,9H,8,16H2,1H3,(H,17,20)(H,19,21). The number of amides is 2. The van der Waals surface area contributed by atoms with Crippen molar-refractivity contribution in [3.8, 4) is 0 Å². The number of carbonyl (C=O) groups is 2. The molecule has 6 nitrogen and oxygen atoms in total. The highest BCUT2D eigenvalue weighted by Crippen LogP contribution is 2.11. The molecule has 2 amide bonds. The van der Waals surface area contributed by atoms with Gasteiger partial charge in [-0.3, -0.25) is 9.59 Å². The van der Waals surface area contributed by atoms with E-state index in [1.165, 1.54) is 6.20 Å². The highest BCUT2D eigenvalue weighted by molar-refractivity contribution is 6.02. The van der Waals surface area contributed by atoms with Gasteiger partial charge in [0.2, 0.25) is 5.91 Å². The largest absolute Gasteiger partial charge is 0.397 e. The maximum Gasteiger partial charge on any atom is 0.274 e. The van der Waals surface area contributed by atoms with Crippen LogP contribution in [0.2, 0.25) is 0 Å². The van der Waals surface area contributed by atoms with Crippen molar-refractivity contribution in [2.75, 3.05) is 18.1 Å². The van der Waals surface area contributed by atoms with Gasteiger partial charge in [-0.15, -0.1) is 0 Å². The third-order valence-corrected chi connectivity index (χ3v) is 2.87. The molecule has 0 radical (unpaired) electrons. The number of hydrogen-bond donors (Lipinski definition) is 3. The zero-order valence-electron chi connectivity index (χ0n) is 11.6. The number of benzene rings is 1. The molecule has 0 spiro atoms. The lowest BCUT2D eigenvalue weighted by Crippen LogP contribution is -2.19. The number of aromatic nitrogens is 1. The molecule has 1 aromatic heterocycles. The highest BCUT2D eigenvalue weighted by atomic mass is 16.2. The first-order valence-electron chi connectivity index (χ1n) is 6.41. The number of nitrogens with one attached hydrogen (secondary N) is 2. The predicted molar refractivity (Wildman–Crippen MR) is 80.8 cm³/mol. The lowest BCUT2D eigenvalue weighted by Gasteiger charge is -2.06. The Labute approximate surface area is 122 Å². The minimum atomic E-state index is -0.311. The molecule has 4 N–H and O–H groups in total. The van der Waals surface area contributed by atoms with Crippen LogP contribution in [0.4, 0.5) is 11.4 Å². The number of nitrogens with zero attached hydrogens (tertiary/aromatic N) is 1. The molecule has 0 fully saturated rings. The van der Waals surface area contributed by atoms with E-state index in [9.17, 15) is 9.59 Å². The zero-order chi connectivity index (χ0) is 15.2. The minimum Gasteiger partial charge on any atom is -0.397 e. The van der Waals surface area contributed by atoms with Crippen LogP contribution in [0.25, 0.3) is 0 Å².